The summed E-state index contributed by atoms with van der Waals surface area (Å²) in [7, 11) is 0. The van der Waals surface area contributed by atoms with Crippen LogP contribution in [0, 0.1) is 0 Å². The summed E-state index contributed by atoms with van der Waals surface area (Å²) < 4.78 is 0. The number of aromatic nitrogens is 1. The average Bonchev–Trinajstić information content (AvgIpc) is 3.01. The monoisotopic (exact) mass is 313 g/mol. The van der Waals surface area contributed by atoms with Crippen molar-refractivity contribution in [3.05, 3.63) is 84.4 Å². The minimum Gasteiger partial charge on any atom is -0.478 e. The molecule has 24 heavy (non-hydrogen) atoms. The van der Waals surface area contributed by atoms with E-state index in [0.717, 1.165) is 33.3 Å². The quantitative estimate of drug-likeness (QED) is 0.546. The lowest BCUT2D eigenvalue weighted by atomic mass is 9.98. The Balaban J connectivity index is 2.04. The Labute approximate surface area is 139 Å². The molecule has 0 bridgehead atoms. The van der Waals surface area contributed by atoms with E-state index >= 15 is 0 Å². The van der Waals surface area contributed by atoms with Gasteiger partial charge in [-0.25, -0.2) is 4.79 Å². The van der Waals surface area contributed by atoms with E-state index in [1.165, 1.54) is 0 Å². The Kier molecular flexibility index (Phi) is 3.39. The first kappa shape index (κ1) is 14.3. The molecule has 0 spiro atoms. The number of hydrogen-bond donors (Lipinski definition) is 2. The summed E-state index contributed by atoms with van der Waals surface area (Å²) in [5, 5.41) is 10.3. The molecule has 0 amide bonds. The van der Waals surface area contributed by atoms with E-state index in [-0.39, 0.29) is 5.56 Å². The van der Waals surface area contributed by atoms with Crippen molar-refractivity contribution in [2.45, 2.75) is 0 Å². The fourth-order valence-corrected chi connectivity index (χ4v) is 3.06. The van der Waals surface area contributed by atoms with Gasteiger partial charge in [0.1, 0.15) is 0 Å². The van der Waals surface area contributed by atoms with E-state index in [1.807, 2.05) is 42.5 Å². The second kappa shape index (κ2) is 5.70. The predicted octanol–water partition coefficient (Wildman–Crippen LogP) is 5.20. The molecule has 0 saturated heterocycles. The van der Waals surface area contributed by atoms with Crippen LogP contribution in [-0.4, -0.2) is 16.1 Å². The van der Waals surface area contributed by atoms with Gasteiger partial charge >= 0.3 is 5.97 Å². The third kappa shape index (κ3) is 2.36. The number of carboxylic acid groups (broad SMARTS) is 1. The summed E-state index contributed by atoms with van der Waals surface area (Å²) >= 11 is 0. The SMILES string of the molecule is O=C(O)c1ccc2c(-c3ccccc3)c(-c3ccccc3)[nH]c2c1. The van der Waals surface area contributed by atoms with E-state index in [4.69, 9.17) is 0 Å². The molecule has 0 unspecified atom stereocenters. The molecule has 0 aliphatic heterocycles. The van der Waals surface area contributed by atoms with Gasteiger partial charge in [0.2, 0.25) is 0 Å². The van der Waals surface area contributed by atoms with E-state index in [0.29, 0.717) is 0 Å². The zero-order valence-corrected chi connectivity index (χ0v) is 12.9. The highest BCUT2D eigenvalue weighted by Crippen LogP contribution is 2.38. The first-order valence-electron chi connectivity index (χ1n) is 7.74. The smallest absolute Gasteiger partial charge is 0.335 e. The van der Waals surface area contributed by atoms with Gasteiger partial charge in [0.05, 0.1) is 11.3 Å². The van der Waals surface area contributed by atoms with Gasteiger partial charge in [0.25, 0.3) is 0 Å². The number of aromatic amines is 1. The predicted molar refractivity (Wildman–Crippen MR) is 96.1 cm³/mol. The molecular weight excluding hydrogens is 298 g/mol. The van der Waals surface area contributed by atoms with Gasteiger partial charge < -0.3 is 10.1 Å². The Morgan fingerprint density at radius 1 is 0.792 bits per heavy atom. The maximum absolute atomic E-state index is 11.3. The molecule has 3 aromatic carbocycles. The van der Waals surface area contributed by atoms with Crippen molar-refractivity contribution in [2.24, 2.45) is 0 Å². The zero-order valence-electron chi connectivity index (χ0n) is 12.9. The fraction of sp³-hybridized carbons (Fsp3) is 0. The van der Waals surface area contributed by atoms with Gasteiger partial charge in [0.15, 0.2) is 0 Å². The molecular formula is C21H15NO2. The first-order valence-corrected chi connectivity index (χ1v) is 7.74. The lowest BCUT2D eigenvalue weighted by molar-refractivity contribution is 0.0697. The van der Waals surface area contributed by atoms with Gasteiger partial charge in [0, 0.05) is 16.5 Å². The Morgan fingerprint density at radius 3 is 2.04 bits per heavy atom. The third-order valence-corrected chi connectivity index (χ3v) is 4.17. The zero-order chi connectivity index (χ0) is 16.5. The number of carboxylic acids is 1. The minimum absolute atomic E-state index is 0.281. The van der Waals surface area contributed by atoms with Crippen LogP contribution in [-0.2, 0) is 0 Å². The summed E-state index contributed by atoms with van der Waals surface area (Å²) in [6, 6.07) is 25.4. The molecule has 4 aromatic rings. The van der Waals surface area contributed by atoms with Gasteiger partial charge in [-0.05, 0) is 23.3 Å². The number of H-pyrrole nitrogens is 1. The molecule has 0 radical (unpaired) electrons. The number of benzene rings is 3. The van der Waals surface area contributed by atoms with Crippen LogP contribution in [0.4, 0.5) is 0 Å². The van der Waals surface area contributed by atoms with Crippen molar-refractivity contribution in [3.63, 3.8) is 0 Å². The number of carbonyl (C=O) groups is 1. The van der Waals surface area contributed by atoms with Crippen molar-refractivity contribution in [2.75, 3.05) is 0 Å². The van der Waals surface area contributed by atoms with Crippen LogP contribution in [0.1, 0.15) is 10.4 Å². The highest BCUT2D eigenvalue weighted by molar-refractivity contribution is 6.05. The molecule has 0 atom stereocenters. The molecule has 116 valence electrons. The molecule has 3 heteroatoms. The van der Waals surface area contributed by atoms with E-state index < -0.39 is 5.97 Å². The van der Waals surface area contributed by atoms with Crippen molar-refractivity contribution >= 4 is 16.9 Å². The molecule has 0 aliphatic rings. The van der Waals surface area contributed by atoms with Crippen LogP contribution >= 0.6 is 0 Å². The van der Waals surface area contributed by atoms with Crippen LogP contribution < -0.4 is 0 Å². The van der Waals surface area contributed by atoms with Crippen LogP contribution in [0.2, 0.25) is 0 Å². The van der Waals surface area contributed by atoms with Crippen LogP contribution in [0.25, 0.3) is 33.3 Å². The maximum Gasteiger partial charge on any atom is 0.335 e. The molecule has 0 aliphatic carbocycles. The summed E-state index contributed by atoms with van der Waals surface area (Å²) in [6.45, 7) is 0. The van der Waals surface area contributed by atoms with Crippen molar-refractivity contribution in [1.29, 1.82) is 0 Å². The van der Waals surface area contributed by atoms with Gasteiger partial charge in [-0.15, -0.1) is 0 Å². The van der Waals surface area contributed by atoms with Gasteiger partial charge in [-0.2, -0.15) is 0 Å². The molecule has 2 N–H and O–H groups in total. The molecule has 4 rings (SSSR count). The van der Waals surface area contributed by atoms with Crippen molar-refractivity contribution in [1.82, 2.24) is 4.98 Å². The summed E-state index contributed by atoms with van der Waals surface area (Å²) in [6.07, 6.45) is 0. The third-order valence-electron chi connectivity index (χ3n) is 4.17. The molecule has 0 fully saturated rings. The fourth-order valence-electron chi connectivity index (χ4n) is 3.06. The van der Waals surface area contributed by atoms with Gasteiger partial charge in [-0.1, -0.05) is 66.7 Å². The largest absolute Gasteiger partial charge is 0.478 e. The summed E-state index contributed by atoms with van der Waals surface area (Å²) in [4.78, 5) is 14.7. The van der Waals surface area contributed by atoms with Crippen molar-refractivity contribution in [3.8, 4) is 22.4 Å². The summed E-state index contributed by atoms with van der Waals surface area (Å²) in [5.41, 5.74) is 5.37. The topological polar surface area (TPSA) is 53.1 Å². The van der Waals surface area contributed by atoms with Crippen LogP contribution in [0.15, 0.2) is 78.9 Å². The second-order valence-corrected chi connectivity index (χ2v) is 5.67. The second-order valence-electron chi connectivity index (χ2n) is 5.67. The van der Waals surface area contributed by atoms with Crippen LogP contribution in [0.3, 0.4) is 0 Å². The maximum atomic E-state index is 11.3. The molecule has 3 nitrogen and oxygen atoms in total. The van der Waals surface area contributed by atoms with E-state index in [1.54, 1.807) is 12.1 Å². The lowest BCUT2D eigenvalue weighted by Gasteiger charge is -2.05. The molecule has 1 aromatic heterocycles. The lowest BCUT2D eigenvalue weighted by Crippen LogP contribution is -1.94. The van der Waals surface area contributed by atoms with E-state index in [2.05, 4.69) is 29.2 Å². The Hall–Kier alpha value is -3.33. The minimum atomic E-state index is -0.922. The number of aromatic carboxylic acids is 1. The number of nitrogens with one attached hydrogen (secondary N) is 1. The number of hydrogen-bond acceptors (Lipinski definition) is 1. The molecule has 1 heterocycles. The van der Waals surface area contributed by atoms with E-state index in [9.17, 15) is 9.90 Å². The Morgan fingerprint density at radius 2 is 1.42 bits per heavy atom. The van der Waals surface area contributed by atoms with Crippen molar-refractivity contribution < 1.29 is 9.90 Å². The average molecular weight is 313 g/mol. The number of fused-ring (bicyclic) bond motifs is 1. The highest BCUT2D eigenvalue weighted by Gasteiger charge is 2.16. The number of rotatable bonds is 3. The standard InChI is InChI=1S/C21H15NO2/c23-21(24)16-11-12-17-18(13-16)22-20(15-9-5-2-6-10-15)19(17)14-7-3-1-4-8-14/h1-13,22H,(H,23,24). The first-order chi connectivity index (χ1) is 11.7. The molecule has 0 saturated carbocycles. The summed E-state index contributed by atoms with van der Waals surface area (Å²) in [5.74, 6) is -0.922. The van der Waals surface area contributed by atoms with Gasteiger partial charge in [-0.3, -0.25) is 0 Å². The van der Waals surface area contributed by atoms with Crippen LogP contribution in [0.5, 0.6) is 0 Å². The normalized spacial score (nSPS) is 10.8. The highest BCUT2D eigenvalue weighted by atomic mass is 16.4. The Bertz CT molecular complexity index is 1020.